The zero-order chi connectivity index (χ0) is 13.4. The van der Waals surface area contributed by atoms with E-state index in [1.165, 1.54) is 24.1 Å². The van der Waals surface area contributed by atoms with Gasteiger partial charge in [0.2, 0.25) is 9.04 Å². The summed E-state index contributed by atoms with van der Waals surface area (Å²) in [4.78, 5) is 0. The molecule has 1 rings (SSSR count). The zero-order valence-corrected chi connectivity index (χ0v) is 13.6. The first kappa shape index (κ1) is 15.5. The molecule has 0 bridgehead atoms. The first-order chi connectivity index (χ1) is 8.53. The maximum atomic E-state index is 6.25. The summed E-state index contributed by atoms with van der Waals surface area (Å²) in [6.45, 7) is 10.0. The van der Waals surface area contributed by atoms with Gasteiger partial charge in [-0.05, 0) is 23.1 Å². The van der Waals surface area contributed by atoms with Gasteiger partial charge in [-0.2, -0.15) is 0 Å². The number of rotatable bonds is 7. The highest BCUT2D eigenvalue weighted by Gasteiger charge is 2.16. The highest BCUT2D eigenvalue weighted by Crippen LogP contribution is 2.18. The lowest BCUT2D eigenvalue weighted by molar-refractivity contribution is 0.246. The van der Waals surface area contributed by atoms with Crippen molar-refractivity contribution < 1.29 is 4.43 Å². The van der Waals surface area contributed by atoms with E-state index in [0.29, 0.717) is 5.41 Å². The minimum Gasteiger partial charge on any atom is -0.415 e. The van der Waals surface area contributed by atoms with Crippen molar-refractivity contribution in [2.45, 2.75) is 53.0 Å². The third-order valence-electron chi connectivity index (χ3n) is 3.16. The summed E-state index contributed by atoms with van der Waals surface area (Å²) in [6.07, 6.45) is 3.70. The van der Waals surface area contributed by atoms with Crippen molar-refractivity contribution in [2.24, 2.45) is 5.41 Å². The average molecular weight is 264 g/mol. The van der Waals surface area contributed by atoms with Crippen molar-refractivity contribution in [2.75, 3.05) is 6.61 Å². The van der Waals surface area contributed by atoms with E-state index in [0.717, 1.165) is 13.0 Å². The van der Waals surface area contributed by atoms with Crippen LogP contribution in [0.2, 0.25) is 6.04 Å². The fraction of sp³-hybridized carbons (Fsp3) is 0.625. The highest BCUT2D eigenvalue weighted by atomic mass is 28.3. The number of benzene rings is 1. The van der Waals surface area contributed by atoms with Gasteiger partial charge >= 0.3 is 0 Å². The van der Waals surface area contributed by atoms with Gasteiger partial charge in [0.1, 0.15) is 0 Å². The fourth-order valence-electron chi connectivity index (χ4n) is 1.91. The lowest BCUT2D eigenvalue weighted by Gasteiger charge is -2.21. The molecule has 0 fully saturated rings. The van der Waals surface area contributed by atoms with Gasteiger partial charge in [0.15, 0.2) is 0 Å². The molecular weight excluding hydrogens is 236 g/mol. The maximum absolute atomic E-state index is 6.25. The predicted octanol–water partition coefficient (Wildman–Crippen LogP) is 3.87. The van der Waals surface area contributed by atoms with E-state index in [1.807, 2.05) is 0 Å². The van der Waals surface area contributed by atoms with E-state index in [2.05, 4.69) is 58.0 Å². The molecular formula is C16H28OSi. The van der Waals surface area contributed by atoms with Gasteiger partial charge < -0.3 is 4.43 Å². The summed E-state index contributed by atoms with van der Waals surface area (Å²) in [7, 11) is -1.20. The Kier molecular flexibility index (Phi) is 6.65. The molecule has 0 spiro atoms. The van der Waals surface area contributed by atoms with E-state index in [9.17, 15) is 0 Å². The molecule has 0 heterocycles. The molecule has 0 amide bonds. The molecule has 18 heavy (non-hydrogen) atoms. The number of hydrogen-bond acceptors (Lipinski definition) is 1. The second kappa shape index (κ2) is 7.75. The predicted molar refractivity (Wildman–Crippen MR) is 83.0 cm³/mol. The summed E-state index contributed by atoms with van der Waals surface area (Å²) < 4.78 is 6.25. The first-order valence-corrected chi connectivity index (χ1v) is 9.06. The Bertz CT molecular complexity index is 316. The SMILES string of the molecule is CCCC[SiH](OCCC(C)(C)C)c1ccccc1. The number of hydrogen-bond donors (Lipinski definition) is 0. The Labute approximate surface area is 114 Å². The molecule has 0 aromatic heterocycles. The van der Waals surface area contributed by atoms with E-state index >= 15 is 0 Å². The first-order valence-electron chi connectivity index (χ1n) is 7.19. The minimum absolute atomic E-state index is 0.375. The van der Waals surface area contributed by atoms with E-state index in [-0.39, 0.29) is 0 Å². The van der Waals surface area contributed by atoms with Crippen LogP contribution in [0.15, 0.2) is 30.3 Å². The van der Waals surface area contributed by atoms with Crippen LogP contribution in [0, 0.1) is 5.41 Å². The van der Waals surface area contributed by atoms with Crippen LogP contribution in [-0.2, 0) is 4.43 Å². The van der Waals surface area contributed by atoms with Crippen LogP contribution in [0.3, 0.4) is 0 Å². The molecule has 2 heteroatoms. The quantitative estimate of drug-likeness (QED) is 0.679. The molecule has 0 aliphatic carbocycles. The van der Waals surface area contributed by atoms with Crippen LogP contribution >= 0.6 is 0 Å². The minimum atomic E-state index is -1.20. The Morgan fingerprint density at radius 2 is 1.78 bits per heavy atom. The van der Waals surface area contributed by atoms with Crippen molar-refractivity contribution >= 4 is 14.2 Å². The smallest absolute Gasteiger partial charge is 0.208 e. The second-order valence-electron chi connectivity index (χ2n) is 6.22. The maximum Gasteiger partial charge on any atom is 0.208 e. The Morgan fingerprint density at radius 3 is 2.33 bits per heavy atom. The topological polar surface area (TPSA) is 9.23 Å². The molecule has 0 aliphatic heterocycles. The Balaban J connectivity index is 2.51. The van der Waals surface area contributed by atoms with Crippen LogP contribution < -0.4 is 5.19 Å². The van der Waals surface area contributed by atoms with Crippen molar-refractivity contribution in [1.82, 2.24) is 0 Å². The molecule has 1 aromatic rings. The van der Waals surface area contributed by atoms with Gasteiger partial charge in [-0.3, -0.25) is 0 Å². The zero-order valence-electron chi connectivity index (χ0n) is 12.4. The standard InChI is InChI=1S/C16H28OSi/c1-5-6-14-18(15-10-8-7-9-11-15)17-13-12-16(2,3)4/h7-11,18H,5-6,12-14H2,1-4H3. The Morgan fingerprint density at radius 1 is 1.11 bits per heavy atom. The summed E-state index contributed by atoms with van der Waals surface area (Å²) in [5.41, 5.74) is 0.375. The molecule has 0 aliphatic rings. The third-order valence-corrected chi connectivity index (χ3v) is 5.86. The summed E-state index contributed by atoms with van der Waals surface area (Å²) >= 11 is 0. The average Bonchev–Trinajstić information content (AvgIpc) is 2.33. The number of unbranched alkanes of at least 4 members (excludes halogenated alkanes) is 1. The van der Waals surface area contributed by atoms with Crippen LogP contribution in [0.5, 0.6) is 0 Å². The second-order valence-corrected chi connectivity index (χ2v) is 8.78. The van der Waals surface area contributed by atoms with Gasteiger partial charge in [-0.15, -0.1) is 0 Å². The summed E-state index contributed by atoms with van der Waals surface area (Å²) in [5.74, 6) is 0. The molecule has 0 saturated carbocycles. The monoisotopic (exact) mass is 264 g/mol. The third kappa shape index (κ3) is 6.36. The van der Waals surface area contributed by atoms with E-state index in [4.69, 9.17) is 4.43 Å². The molecule has 0 N–H and O–H groups in total. The molecule has 1 atom stereocenters. The van der Waals surface area contributed by atoms with Crippen molar-refractivity contribution in [1.29, 1.82) is 0 Å². The molecule has 1 aromatic carbocycles. The van der Waals surface area contributed by atoms with Crippen LogP contribution in [0.4, 0.5) is 0 Å². The van der Waals surface area contributed by atoms with E-state index < -0.39 is 9.04 Å². The molecule has 0 radical (unpaired) electrons. The normalized spacial score (nSPS) is 13.6. The van der Waals surface area contributed by atoms with Crippen LogP contribution in [-0.4, -0.2) is 15.6 Å². The van der Waals surface area contributed by atoms with Crippen LogP contribution in [0.1, 0.15) is 47.0 Å². The van der Waals surface area contributed by atoms with Crippen molar-refractivity contribution in [3.63, 3.8) is 0 Å². The van der Waals surface area contributed by atoms with E-state index in [1.54, 1.807) is 0 Å². The highest BCUT2D eigenvalue weighted by molar-refractivity contribution is 6.67. The lowest BCUT2D eigenvalue weighted by Crippen LogP contribution is -2.34. The molecule has 1 unspecified atom stereocenters. The van der Waals surface area contributed by atoms with Gasteiger partial charge in [0, 0.05) is 6.61 Å². The lowest BCUT2D eigenvalue weighted by atomic mass is 9.93. The fourth-order valence-corrected chi connectivity index (χ4v) is 4.44. The molecule has 1 nitrogen and oxygen atoms in total. The van der Waals surface area contributed by atoms with Crippen molar-refractivity contribution in [3.05, 3.63) is 30.3 Å². The largest absolute Gasteiger partial charge is 0.415 e. The molecule has 102 valence electrons. The summed E-state index contributed by atoms with van der Waals surface area (Å²) in [6, 6.07) is 12.1. The van der Waals surface area contributed by atoms with Crippen LogP contribution in [0.25, 0.3) is 0 Å². The van der Waals surface area contributed by atoms with Gasteiger partial charge in [-0.1, -0.05) is 70.9 Å². The summed E-state index contributed by atoms with van der Waals surface area (Å²) in [5, 5.41) is 1.46. The van der Waals surface area contributed by atoms with Crippen molar-refractivity contribution in [3.8, 4) is 0 Å². The van der Waals surface area contributed by atoms with Gasteiger partial charge in [0.05, 0.1) is 0 Å². The van der Waals surface area contributed by atoms with Gasteiger partial charge in [0.25, 0.3) is 0 Å². The van der Waals surface area contributed by atoms with Gasteiger partial charge in [-0.25, -0.2) is 0 Å². The molecule has 0 saturated heterocycles. The Hall–Kier alpha value is -0.603.